The number of amides is 1. The van der Waals surface area contributed by atoms with Crippen LogP contribution in [0.2, 0.25) is 0 Å². The van der Waals surface area contributed by atoms with Crippen LogP contribution in [-0.2, 0) is 12.6 Å². The number of nitrogens with one attached hydrogen (secondary N) is 1. The topological polar surface area (TPSA) is 75.4 Å². The van der Waals surface area contributed by atoms with Gasteiger partial charge in [-0.3, -0.25) is 4.79 Å². The molecule has 0 spiro atoms. The number of aliphatic imine (C=N–C) groups is 1. The second kappa shape index (κ2) is 7.02. The van der Waals surface area contributed by atoms with Crippen LogP contribution >= 0.6 is 0 Å². The van der Waals surface area contributed by atoms with Gasteiger partial charge in [0.2, 0.25) is 6.29 Å². The first-order chi connectivity index (χ1) is 13.8. The Morgan fingerprint density at radius 1 is 1.31 bits per heavy atom. The Kier molecular flexibility index (Phi) is 4.64. The van der Waals surface area contributed by atoms with Crippen LogP contribution in [0.1, 0.15) is 52.1 Å². The van der Waals surface area contributed by atoms with Crippen LogP contribution in [0, 0.1) is 6.92 Å². The number of fused-ring (bicyclic) bond motifs is 1. The van der Waals surface area contributed by atoms with Crippen molar-refractivity contribution in [3.8, 4) is 0 Å². The van der Waals surface area contributed by atoms with E-state index in [4.69, 9.17) is 0 Å². The first-order valence-electron chi connectivity index (χ1n) is 9.15. The first kappa shape index (κ1) is 19.2. The minimum Gasteiger partial charge on any atom is -0.352 e. The van der Waals surface area contributed by atoms with Gasteiger partial charge in [0.15, 0.2) is 0 Å². The maximum absolute atomic E-state index is 13.2. The molecule has 0 aliphatic carbocycles. The van der Waals surface area contributed by atoms with Gasteiger partial charge in [-0.25, -0.2) is 9.67 Å². The maximum atomic E-state index is 13.2. The van der Waals surface area contributed by atoms with Crippen LogP contribution in [0.3, 0.4) is 0 Å². The predicted molar refractivity (Wildman–Crippen MR) is 99.2 cm³/mol. The Bertz CT molecular complexity index is 1010. The van der Waals surface area contributed by atoms with E-state index in [0.29, 0.717) is 18.7 Å². The van der Waals surface area contributed by atoms with Crippen LogP contribution in [-0.4, -0.2) is 38.6 Å². The number of allylic oxidation sites excluding steroid dienone is 1. The lowest BCUT2D eigenvalue weighted by atomic mass is 9.98. The van der Waals surface area contributed by atoms with E-state index in [9.17, 15) is 18.0 Å². The van der Waals surface area contributed by atoms with Gasteiger partial charge >= 0.3 is 6.18 Å². The Labute approximate surface area is 164 Å². The fraction of sp³-hybridized carbons (Fsp3) is 0.368. The van der Waals surface area contributed by atoms with E-state index < -0.39 is 30.0 Å². The van der Waals surface area contributed by atoms with Gasteiger partial charge in [-0.2, -0.15) is 13.2 Å². The normalized spacial score (nSPS) is 21.1. The van der Waals surface area contributed by atoms with E-state index in [2.05, 4.69) is 20.6 Å². The molecule has 10 heteroatoms. The molecule has 2 aromatic rings. The van der Waals surface area contributed by atoms with Crippen molar-refractivity contribution in [1.29, 1.82) is 0 Å². The number of rotatable bonds is 2. The zero-order valence-corrected chi connectivity index (χ0v) is 15.8. The molecule has 2 aliphatic heterocycles. The highest BCUT2D eigenvalue weighted by atomic mass is 19.4. The molecule has 2 aliphatic rings. The van der Waals surface area contributed by atoms with Gasteiger partial charge in [0.1, 0.15) is 5.69 Å². The molecule has 152 valence electrons. The van der Waals surface area contributed by atoms with Crippen LogP contribution in [0.5, 0.6) is 0 Å². The Hall–Kier alpha value is -3.17. The van der Waals surface area contributed by atoms with Crippen LogP contribution in [0.4, 0.5) is 13.2 Å². The fourth-order valence-electron chi connectivity index (χ4n) is 3.76. The lowest BCUT2D eigenvalue weighted by Gasteiger charge is -2.33. The number of nitrogens with zero attached hydrogens (tertiary/aromatic N) is 5. The SMILES string of the molecule is Cc1c(C(=O)N2CCc3c(nnn3C3N=CC=CN3)[C@@H]2C)cccc1C(F)(F)F. The largest absolute Gasteiger partial charge is 0.416 e. The minimum absolute atomic E-state index is 0.0474. The van der Waals surface area contributed by atoms with Gasteiger partial charge in [-0.15, -0.1) is 5.10 Å². The molecule has 1 amide bonds. The fourth-order valence-corrected chi connectivity index (χ4v) is 3.76. The summed E-state index contributed by atoms with van der Waals surface area (Å²) in [5, 5.41) is 11.5. The van der Waals surface area contributed by atoms with E-state index in [-0.39, 0.29) is 11.1 Å². The summed E-state index contributed by atoms with van der Waals surface area (Å²) in [7, 11) is 0. The molecule has 0 radical (unpaired) electrons. The highest BCUT2D eigenvalue weighted by Crippen LogP contribution is 2.35. The number of carbonyl (C=O) groups is 1. The number of alkyl halides is 3. The highest BCUT2D eigenvalue weighted by molar-refractivity contribution is 5.96. The van der Waals surface area contributed by atoms with Crippen LogP contribution in [0.15, 0.2) is 35.5 Å². The summed E-state index contributed by atoms with van der Waals surface area (Å²) in [6.07, 6.45) is 0.745. The quantitative estimate of drug-likeness (QED) is 0.835. The molecule has 1 aromatic carbocycles. The molecule has 29 heavy (non-hydrogen) atoms. The van der Waals surface area contributed by atoms with Crippen molar-refractivity contribution < 1.29 is 18.0 Å². The number of hydrogen-bond donors (Lipinski definition) is 1. The molecule has 3 heterocycles. The predicted octanol–water partition coefficient (Wildman–Crippen LogP) is 3.01. The molecule has 0 fully saturated rings. The molecular weight excluding hydrogens is 385 g/mol. The third-order valence-electron chi connectivity index (χ3n) is 5.29. The zero-order chi connectivity index (χ0) is 20.8. The molecule has 1 aromatic heterocycles. The van der Waals surface area contributed by atoms with Crippen molar-refractivity contribution in [3.63, 3.8) is 0 Å². The molecule has 0 saturated carbocycles. The molecule has 1 unspecified atom stereocenters. The number of hydrogen-bond acceptors (Lipinski definition) is 5. The molecule has 7 nitrogen and oxygen atoms in total. The van der Waals surface area contributed by atoms with Crippen molar-refractivity contribution >= 4 is 12.1 Å². The molecule has 2 atom stereocenters. The zero-order valence-electron chi connectivity index (χ0n) is 15.8. The van der Waals surface area contributed by atoms with Crippen molar-refractivity contribution in [2.24, 2.45) is 4.99 Å². The standard InChI is InChI=1S/C19H19F3N6O/c1-11-13(5-3-6-14(11)19(20,21)22)17(29)27-10-7-15-16(12(27)2)25-26-28(15)18-23-8-4-9-24-18/h3-6,8-9,12,18,23H,7,10H2,1-2H3/t12-,18?/m0/s1. The lowest BCUT2D eigenvalue weighted by Crippen LogP contribution is -2.40. The third-order valence-corrected chi connectivity index (χ3v) is 5.29. The number of carbonyl (C=O) groups excluding carboxylic acids is 1. The summed E-state index contributed by atoms with van der Waals surface area (Å²) in [5.74, 6) is -0.446. The van der Waals surface area contributed by atoms with Gasteiger partial charge in [0.25, 0.3) is 5.91 Å². The van der Waals surface area contributed by atoms with Gasteiger partial charge in [-0.05, 0) is 37.6 Å². The number of halogens is 3. The monoisotopic (exact) mass is 404 g/mol. The average molecular weight is 404 g/mol. The van der Waals surface area contributed by atoms with Gasteiger partial charge in [0, 0.05) is 30.9 Å². The molecule has 1 N–H and O–H groups in total. The summed E-state index contributed by atoms with van der Waals surface area (Å²) in [6, 6.07) is 3.26. The number of aromatic nitrogens is 3. The van der Waals surface area contributed by atoms with Crippen molar-refractivity contribution in [2.75, 3.05) is 6.54 Å². The first-order valence-corrected chi connectivity index (χ1v) is 9.15. The number of benzene rings is 1. The summed E-state index contributed by atoms with van der Waals surface area (Å²) in [5.41, 5.74) is 0.660. The van der Waals surface area contributed by atoms with E-state index in [1.54, 1.807) is 35.0 Å². The second-order valence-electron chi connectivity index (χ2n) is 6.96. The van der Waals surface area contributed by atoms with Crippen molar-refractivity contribution in [3.05, 3.63) is 58.6 Å². The van der Waals surface area contributed by atoms with Crippen LogP contribution < -0.4 is 5.32 Å². The Balaban J connectivity index is 1.63. The van der Waals surface area contributed by atoms with Gasteiger partial charge in [0.05, 0.1) is 17.3 Å². The van der Waals surface area contributed by atoms with Gasteiger partial charge in [-0.1, -0.05) is 11.3 Å². The molecular formula is C19H19F3N6O. The van der Waals surface area contributed by atoms with E-state index in [0.717, 1.165) is 11.8 Å². The second-order valence-corrected chi connectivity index (χ2v) is 6.96. The van der Waals surface area contributed by atoms with E-state index in [1.807, 2.05) is 0 Å². The molecule has 4 rings (SSSR count). The van der Waals surface area contributed by atoms with Gasteiger partial charge < -0.3 is 10.2 Å². The molecule has 0 saturated heterocycles. The minimum atomic E-state index is -4.51. The summed E-state index contributed by atoms with van der Waals surface area (Å²) in [4.78, 5) is 18.9. The lowest BCUT2D eigenvalue weighted by molar-refractivity contribution is -0.138. The van der Waals surface area contributed by atoms with E-state index in [1.165, 1.54) is 19.1 Å². The Morgan fingerprint density at radius 2 is 2.10 bits per heavy atom. The van der Waals surface area contributed by atoms with Crippen molar-refractivity contribution in [1.82, 2.24) is 25.2 Å². The average Bonchev–Trinajstić information content (AvgIpc) is 3.13. The van der Waals surface area contributed by atoms with Crippen molar-refractivity contribution in [2.45, 2.75) is 38.8 Å². The highest BCUT2D eigenvalue weighted by Gasteiger charge is 2.37. The maximum Gasteiger partial charge on any atom is 0.416 e. The summed E-state index contributed by atoms with van der Waals surface area (Å²) < 4.78 is 41.3. The van der Waals surface area contributed by atoms with Crippen LogP contribution in [0.25, 0.3) is 0 Å². The smallest absolute Gasteiger partial charge is 0.352 e. The molecule has 0 bridgehead atoms. The van der Waals surface area contributed by atoms with E-state index >= 15 is 0 Å². The Morgan fingerprint density at radius 3 is 2.79 bits per heavy atom. The third kappa shape index (κ3) is 3.28. The summed E-state index contributed by atoms with van der Waals surface area (Å²) >= 11 is 0. The summed E-state index contributed by atoms with van der Waals surface area (Å²) in [6.45, 7) is 3.48.